The van der Waals surface area contributed by atoms with Gasteiger partial charge in [0.1, 0.15) is 0 Å². The number of pyridine rings is 3. The molecule has 0 amide bonds. The maximum Gasteiger partial charge on any atom is 0.0886 e. The first-order valence-corrected chi connectivity index (χ1v) is 13.3. The monoisotopic (exact) mass is 703 g/mol. The summed E-state index contributed by atoms with van der Waals surface area (Å²) in [6.45, 7) is 0. The topological polar surface area (TPSA) is 38.7 Å². The van der Waals surface area contributed by atoms with E-state index in [1.54, 1.807) is 12.4 Å². The fourth-order valence-corrected chi connectivity index (χ4v) is 5.24. The summed E-state index contributed by atoms with van der Waals surface area (Å²) in [4.78, 5) is 13.3. The zero-order valence-corrected chi connectivity index (χ0v) is 24.4. The molecule has 1 radical (unpaired) electrons. The molecule has 1 aliphatic carbocycles. The number of hydrogen-bond acceptors (Lipinski definition) is 3. The Morgan fingerprint density at radius 3 is 1.73 bits per heavy atom. The average Bonchev–Trinajstić information content (AvgIpc) is 3.37. The second-order valence-corrected chi connectivity index (χ2v) is 9.59. The summed E-state index contributed by atoms with van der Waals surface area (Å²) >= 11 is 0. The van der Waals surface area contributed by atoms with Gasteiger partial charge in [0.25, 0.3) is 0 Å². The molecule has 4 aromatic carbocycles. The molecule has 0 atom stereocenters. The number of hydrogen-bond donors (Lipinski definition) is 0. The molecular formula is C37H24IrN3-. The second-order valence-electron chi connectivity index (χ2n) is 9.59. The third kappa shape index (κ3) is 5.24. The Morgan fingerprint density at radius 1 is 0.463 bits per heavy atom. The van der Waals surface area contributed by atoms with Crippen LogP contribution in [0.5, 0.6) is 0 Å². The zero-order valence-electron chi connectivity index (χ0n) is 22.0. The first-order valence-electron chi connectivity index (χ1n) is 13.3. The predicted octanol–water partition coefficient (Wildman–Crippen LogP) is 9.16. The van der Waals surface area contributed by atoms with Crippen molar-refractivity contribution < 1.29 is 20.1 Å². The molecule has 7 aromatic rings. The Balaban J connectivity index is 0.000000196. The summed E-state index contributed by atoms with van der Waals surface area (Å²) < 4.78 is 0. The van der Waals surface area contributed by atoms with E-state index in [0.29, 0.717) is 0 Å². The molecule has 4 heteroatoms. The zero-order chi connectivity index (χ0) is 26.7. The van der Waals surface area contributed by atoms with Crippen molar-refractivity contribution in [2.45, 2.75) is 0 Å². The average molecular weight is 703 g/mol. The fraction of sp³-hybridized carbons (Fsp3) is 0. The number of nitrogens with zero attached hydrogens (tertiary/aromatic N) is 3. The predicted molar refractivity (Wildman–Crippen MR) is 163 cm³/mol. The van der Waals surface area contributed by atoms with Gasteiger partial charge in [-0.2, -0.15) is 0 Å². The molecule has 3 nitrogen and oxygen atoms in total. The van der Waals surface area contributed by atoms with Crippen LogP contribution in [0.3, 0.4) is 0 Å². The van der Waals surface area contributed by atoms with Crippen molar-refractivity contribution in [1.29, 1.82) is 0 Å². The van der Waals surface area contributed by atoms with Gasteiger partial charge in [-0.25, -0.2) is 0 Å². The largest absolute Gasteiger partial charge is 0.296 e. The Morgan fingerprint density at radius 2 is 1.10 bits per heavy atom. The SMILES string of the molecule is [Ir].[c-]1cc(-c2ccccc2)ccc1-c1cc2c3c(cccc3n1)-c1ccccc1-2.c1ccc(-c2ccccn2)nc1. The van der Waals surface area contributed by atoms with Crippen LogP contribution in [0.2, 0.25) is 0 Å². The van der Waals surface area contributed by atoms with Crippen molar-refractivity contribution in [2.24, 2.45) is 0 Å². The van der Waals surface area contributed by atoms with Gasteiger partial charge in [-0.05, 0) is 58.3 Å². The quantitative estimate of drug-likeness (QED) is 0.173. The summed E-state index contributed by atoms with van der Waals surface area (Å²) in [7, 11) is 0. The van der Waals surface area contributed by atoms with Crippen LogP contribution in [0.25, 0.3) is 66.9 Å². The van der Waals surface area contributed by atoms with Crippen LogP contribution in [-0.2, 0) is 20.1 Å². The van der Waals surface area contributed by atoms with Crippen LogP contribution >= 0.6 is 0 Å². The van der Waals surface area contributed by atoms with Crippen LogP contribution in [-0.4, -0.2) is 15.0 Å². The second kappa shape index (κ2) is 11.8. The Bertz CT molecular complexity index is 1880. The van der Waals surface area contributed by atoms with Crippen molar-refractivity contribution in [3.05, 3.63) is 152 Å². The van der Waals surface area contributed by atoms with E-state index in [0.717, 1.165) is 28.2 Å². The van der Waals surface area contributed by atoms with Gasteiger partial charge in [-0.15, -0.1) is 29.8 Å². The van der Waals surface area contributed by atoms with E-state index in [4.69, 9.17) is 4.98 Å². The van der Waals surface area contributed by atoms with E-state index in [9.17, 15) is 0 Å². The smallest absolute Gasteiger partial charge is 0.0886 e. The maximum atomic E-state index is 4.96. The summed E-state index contributed by atoms with van der Waals surface area (Å²) in [5.41, 5.74) is 12.4. The van der Waals surface area contributed by atoms with Gasteiger partial charge in [0.2, 0.25) is 0 Å². The molecule has 0 fully saturated rings. The van der Waals surface area contributed by atoms with Gasteiger partial charge < -0.3 is 0 Å². The van der Waals surface area contributed by atoms with E-state index in [-0.39, 0.29) is 20.1 Å². The van der Waals surface area contributed by atoms with Gasteiger partial charge in [0.15, 0.2) is 0 Å². The minimum atomic E-state index is 0. The van der Waals surface area contributed by atoms with Crippen molar-refractivity contribution in [1.82, 2.24) is 15.0 Å². The first kappa shape index (κ1) is 26.5. The third-order valence-electron chi connectivity index (χ3n) is 7.13. The molecule has 0 spiro atoms. The summed E-state index contributed by atoms with van der Waals surface area (Å²) in [5.74, 6) is 0. The number of aromatic nitrogens is 3. The van der Waals surface area contributed by atoms with Crippen LogP contribution < -0.4 is 0 Å². The minimum Gasteiger partial charge on any atom is -0.296 e. The number of benzene rings is 4. The van der Waals surface area contributed by atoms with E-state index in [1.807, 2.05) is 42.5 Å². The molecule has 0 saturated carbocycles. The van der Waals surface area contributed by atoms with Crippen LogP contribution in [0.1, 0.15) is 0 Å². The molecule has 197 valence electrons. The van der Waals surface area contributed by atoms with E-state index < -0.39 is 0 Å². The van der Waals surface area contributed by atoms with Crippen LogP contribution in [0.15, 0.2) is 146 Å². The molecule has 0 bridgehead atoms. The Hall–Kier alpha value is -4.76. The van der Waals surface area contributed by atoms with Crippen molar-refractivity contribution >= 4 is 10.9 Å². The van der Waals surface area contributed by atoms with Crippen LogP contribution in [0, 0.1) is 6.07 Å². The van der Waals surface area contributed by atoms with E-state index >= 15 is 0 Å². The molecule has 0 saturated heterocycles. The van der Waals surface area contributed by atoms with E-state index in [1.165, 1.54) is 38.8 Å². The van der Waals surface area contributed by atoms with Crippen LogP contribution in [0.4, 0.5) is 0 Å². The van der Waals surface area contributed by atoms with E-state index in [2.05, 4.69) is 107 Å². The van der Waals surface area contributed by atoms with Crippen molar-refractivity contribution in [2.75, 3.05) is 0 Å². The third-order valence-corrected chi connectivity index (χ3v) is 7.13. The number of rotatable bonds is 3. The van der Waals surface area contributed by atoms with Gasteiger partial charge >= 0.3 is 0 Å². The molecular weight excluding hydrogens is 679 g/mol. The van der Waals surface area contributed by atoms with Gasteiger partial charge in [-0.3, -0.25) is 15.0 Å². The van der Waals surface area contributed by atoms with Gasteiger partial charge in [-0.1, -0.05) is 96.1 Å². The molecule has 0 aliphatic heterocycles. The summed E-state index contributed by atoms with van der Waals surface area (Å²) in [6, 6.07) is 49.0. The van der Waals surface area contributed by atoms with Crippen molar-refractivity contribution in [3.63, 3.8) is 0 Å². The molecule has 3 heterocycles. The standard InChI is InChI=1S/C27H16N.C10H8N2.Ir/c1-2-7-18(8-3-1)19-13-15-20(16-14-19)26-17-24-22-10-5-4-9-21(22)23-11-6-12-25(28-26)27(23)24;1-3-7-11-9(5-1)10-6-2-4-8-12-10;/h1-15,17H;1-8H;/q-1;;. The first-order chi connectivity index (χ1) is 19.8. The normalized spacial score (nSPS) is 10.7. The summed E-state index contributed by atoms with van der Waals surface area (Å²) in [5, 5.41) is 1.26. The Labute approximate surface area is 253 Å². The molecule has 0 N–H and O–H groups in total. The molecule has 41 heavy (non-hydrogen) atoms. The minimum absolute atomic E-state index is 0. The molecule has 0 unspecified atom stereocenters. The van der Waals surface area contributed by atoms with Gasteiger partial charge in [0, 0.05) is 37.9 Å². The summed E-state index contributed by atoms with van der Waals surface area (Å²) in [6.07, 6.45) is 3.54. The van der Waals surface area contributed by atoms with Gasteiger partial charge in [0.05, 0.1) is 16.9 Å². The van der Waals surface area contributed by atoms with Crippen molar-refractivity contribution in [3.8, 4) is 56.0 Å². The maximum absolute atomic E-state index is 4.96. The Kier molecular flexibility index (Phi) is 7.60. The number of fused-ring (bicyclic) bond motifs is 3. The molecule has 8 rings (SSSR count). The molecule has 3 aromatic heterocycles. The molecule has 1 aliphatic rings. The fourth-order valence-electron chi connectivity index (χ4n) is 5.24.